The highest BCUT2D eigenvalue weighted by molar-refractivity contribution is 5.93. The molecular formula is C23H20FN5. The molecule has 1 aliphatic carbocycles. The minimum Gasteiger partial charge on any atom is -0.340 e. The van der Waals surface area contributed by atoms with E-state index in [0.717, 1.165) is 35.4 Å². The van der Waals surface area contributed by atoms with E-state index in [1.54, 1.807) is 6.07 Å². The Balaban J connectivity index is 1.59. The van der Waals surface area contributed by atoms with Crippen LogP contribution in [0.1, 0.15) is 38.1 Å². The van der Waals surface area contributed by atoms with Crippen molar-refractivity contribution in [1.82, 2.24) is 19.6 Å². The predicted octanol–water partition coefficient (Wildman–Crippen LogP) is 4.87. The quantitative estimate of drug-likeness (QED) is 0.511. The standard InChI is InChI=1S/C23H20FN5/c1-3-20-27-28-22-26-21(18-14-16(24)7-8-19(18)29(20)22)25-17-6-4-5-15(13-17)9-10-23(2)11-12-23/h4-8,13-14H,3,11-12H2,1-2H3,(H,25,26,28). The summed E-state index contributed by atoms with van der Waals surface area (Å²) in [7, 11) is 0. The Morgan fingerprint density at radius 1 is 1.17 bits per heavy atom. The Morgan fingerprint density at radius 2 is 2.03 bits per heavy atom. The van der Waals surface area contributed by atoms with Crippen molar-refractivity contribution in [2.45, 2.75) is 33.1 Å². The van der Waals surface area contributed by atoms with Crippen LogP contribution in [0.2, 0.25) is 0 Å². The number of aromatic nitrogens is 4. The molecule has 1 N–H and O–H groups in total. The van der Waals surface area contributed by atoms with Gasteiger partial charge in [0.1, 0.15) is 17.5 Å². The Morgan fingerprint density at radius 3 is 2.83 bits per heavy atom. The van der Waals surface area contributed by atoms with Crippen molar-refractivity contribution in [3.8, 4) is 11.8 Å². The first-order valence-electron chi connectivity index (χ1n) is 9.78. The van der Waals surface area contributed by atoms with Crippen LogP contribution in [0.4, 0.5) is 15.9 Å². The van der Waals surface area contributed by atoms with E-state index in [-0.39, 0.29) is 11.2 Å². The second-order valence-electron chi connectivity index (χ2n) is 7.74. The molecule has 2 aromatic carbocycles. The molecule has 0 saturated heterocycles. The summed E-state index contributed by atoms with van der Waals surface area (Å²) in [4.78, 5) is 4.61. The lowest BCUT2D eigenvalue weighted by molar-refractivity contribution is 0.629. The highest BCUT2D eigenvalue weighted by Crippen LogP contribution is 2.44. The number of nitrogens with zero attached hydrogens (tertiary/aromatic N) is 4. The number of halogens is 1. The second-order valence-corrected chi connectivity index (χ2v) is 7.74. The maximum Gasteiger partial charge on any atom is 0.257 e. The molecule has 0 aliphatic heterocycles. The van der Waals surface area contributed by atoms with E-state index in [1.165, 1.54) is 12.1 Å². The minimum atomic E-state index is -0.315. The van der Waals surface area contributed by atoms with Gasteiger partial charge in [-0.25, -0.2) is 4.39 Å². The van der Waals surface area contributed by atoms with Crippen LogP contribution in [0.25, 0.3) is 16.7 Å². The first-order valence-corrected chi connectivity index (χ1v) is 9.78. The average Bonchev–Trinajstić information content (AvgIpc) is 3.31. The molecule has 5 rings (SSSR count). The minimum absolute atomic E-state index is 0.175. The number of aryl methyl sites for hydroxylation is 1. The third kappa shape index (κ3) is 3.29. The molecule has 1 saturated carbocycles. The monoisotopic (exact) mass is 385 g/mol. The average molecular weight is 385 g/mol. The fraction of sp³-hybridized carbons (Fsp3) is 0.261. The van der Waals surface area contributed by atoms with Gasteiger partial charge in [0.25, 0.3) is 5.78 Å². The Hall–Kier alpha value is -3.46. The Kier molecular flexibility index (Phi) is 3.99. The number of nitrogens with one attached hydrogen (secondary N) is 1. The molecule has 2 heterocycles. The fourth-order valence-electron chi connectivity index (χ4n) is 3.35. The van der Waals surface area contributed by atoms with Crippen LogP contribution in [0.5, 0.6) is 0 Å². The smallest absolute Gasteiger partial charge is 0.257 e. The number of hydrogen-bond acceptors (Lipinski definition) is 4. The second kappa shape index (κ2) is 6.56. The van der Waals surface area contributed by atoms with E-state index in [4.69, 9.17) is 0 Å². The van der Waals surface area contributed by atoms with Crippen molar-refractivity contribution in [2.24, 2.45) is 5.41 Å². The summed E-state index contributed by atoms with van der Waals surface area (Å²) in [6.45, 7) is 4.19. The zero-order chi connectivity index (χ0) is 20.0. The lowest BCUT2D eigenvalue weighted by atomic mass is 10.1. The summed E-state index contributed by atoms with van der Waals surface area (Å²) < 4.78 is 15.9. The van der Waals surface area contributed by atoms with Crippen LogP contribution in [0, 0.1) is 23.1 Å². The van der Waals surface area contributed by atoms with Crippen LogP contribution in [0.3, 0.4) is 0 Å². The first kappa shape index (κ1) is 17.6. The van der Waals surface area contributed by atoms with Crippen molar-refractivity contribution in [3.05, 3.63) is 59.7 Å². The van der Waals surface area contributed by atoms with Crippen LogP contribution < -0.4 is 5.32 Å². The lowest BCUT2D eigenvalue weighted by Gasteiger charge is -2.11. The SMILES string of the molecule is CCc1nnc2nc(Nc3cccc(C#CC4(C)CC4)c3)c3cc(F)ccc3n12. The highest BCUT2D eigenvalue weighted by atomic mass is 19.1. The van der Waals surface area contributed by atoms with Gasteiger partial charge in [-0.15, -0.1) is 10.2 Å². The molecule has 6 heteroatoms. The summed E-state index contributed by atoms with van der Waals surface area (Å²) in [5.41, 5.74) is 2.78. The summed E-state index contributed by atoms with van der Waals surface area (Å²) in [5.74, 6) is 8.12. The molecule has 144 valence electrons. The number of benzene rings is 2. The number of hydrogen-bond donors (Lipinski definition) is 1. The summed E-state index contributed by atoms with van der Waals surface area (Å²) >= 11 is 0. The van der Waals surface area contributed by atoms with E-state index in [1.807, 2.05) is 35.6 Å². The molecule has 5 nitrogen and oxygen atoms in total. The van der Waals surface area contributed by atoms with Crippen LogP contribution in [-0.2, 0) is 6.42 Å². The van der Waals surface area contributed by atoms with Gasteiger partial charge in [-0.2, -0.15) is 4.98 Å². The van der Waals surface area contributed by atoms with Crippen LogP contribution >= 0.6 is 0 Å². The van der Waals surface area contributed by atoms with Crippen molar-refractivity contribution in [2.75, 3.05) is 5.32 Å². The van der Waals surface area contributed by atoms with E-state index in [0.29, 0.717) is 23.4 Å². The molecule has 0 bridgehead atoms. The largest absolute Gasteiger partial charge is 0.340 e. The molecule has 0 radical (unpaired) electrons. The number of rotatable bonds is 3. The van der Waals surface area contributed by atoms with Gasteiger partial charge in [-0.1, -0.05) is 24.8 Å². The van der Waals surface area contributed by atoms with E-state index in [9.17, 15) is 4.39 Å². The molecule has 4 aromatic rings. The van der Waals surface area contributed by atoms with Gasteiger partial charge in [-0.3, -0.25) is 4.40 Å². The number of fused-ring (bicyclic) bond motifs is 3. The molecule has 0 spiro atoms. The molecule has 0 unspecified atom stereocenters. The fourth-order valence-corrected chi connectivity index (χ4v) is 3.35. The van der Waals surface area contributed by atoms with Gasteiger partial charge >= 0.3 is 0 Å². The Bertz CT molecular complexity index is 1310. The summed E-state index contributed by atoms with van der Waals surface area (Å²) in [6.07, 6.45) is 3.04. The van der Waals surface area contributed by atoms with Gasteiger partial charge in [0.2, 0.25) is 0 Å². The molecule has 2 aromatic heterocycles. The molecule has 1 aliphatic rings. The molecule has 0 amide bonds. The van der Waals surface area contributed by atoms with Gasteiger partial charge < -0.3 is 5.32 Å². The highest BCUT2D eigenvalue weighted by Gasteiger charge is 2.35. The first-order chi connectivity index (χ1) is 14.0. The number of anilines is 2. The lowest BCUT2D eigenvalue weighted by Crippen LogP contribution is -2.02. The van der Waals surface area contributed by atoms with Crippen LogP contribution in [0.15, 0.2) is 42.5 Å². The third-order valence-corrected chi connectivity index (χ3v) is 5.33. The molecular weight excluding hydrogens is 365 g/mol. The van der Waals surface area contributed by atoms with Crippen molar-refractivity contribution < 1.29 is 4.39 Å². The predicted molar refractivity (Wildman–Crippen MR) is 112 cm³/mol. The van der Waals surface area contributed by atoms with E-state index >= 15 is 0 Å². The van der Waals surface area contributed by atoms with Gasteiger partial charge in [0.15, 0.2) is 0 Å². The molecule has 29 heavy (non-hydrogen) atoms. The van der Waals surface area contributed by atoms with E-state index < -0.39 is 0 Å². The van der Waals surface area contributed by atoms with Gasteiger partial charge in [0.05, 0.1) is 5.52 Å². The van der Waals surface area contributed by atoms with Gasteiger partial charge in [-0.05, 0) is 56.2 Å². The van der Waals surface area contributed by atoms with Gasteiger partial charge in [0, 0.05) is 28.5 Å². The zero-order valence-electron chi connectivity index (χ0n) is 16.3. The summed E-state index contributed by atoms with van der Waals surface area (Å²) in [5, 5.41) is 12.4. The van der Waals surface area contributed by atoms with Crippen molar-refractivity contribution in [1.29, 1.82) is 0 Å². The summed E-state index contributed by atoms with van der Waals surface area (Å²) in [6, 6.07) is 12.5. The van der Waals surface area contributed by atoms with Crippen LogP contribution in [-0.4, -0.2) is 19.6 Å². The van der Waals surface area contributed by atoms with Crippen molar-refractivity contribution >= 4 is 28.2 Å². The third-order valence-electron chi connectivity index (χ3n) is 5.33. The van der Waals surface area contributed by atoms with Crippen molar-refractivity contribution in [3.63, 3.8) is 0 Å². The topological polar surface area (TPSA) is 55.1 Å². The molecule has 0 atom stereocenters. The maximum atomic E-state index is 14.0. The Labute approximate surface area is 168 Å². The zero-order valence-corrected chi connectivity index (χ0v) is 16.3. The van der Waals surface area contributed by atoms with E-state index in [2.05, 4.69) is 39.3 Å². The maximum absolute atomic E-state index is 14.0. The molecule has 1 fully saturated rings. The normalized spacial score (nSPS) is 14.6.